The molecule has 0 atom stereocenters. The van der Waals surface area contributed by atoms with Gasteiger partial charge in [-0.25, -0.2) is 4.79 Å². The van der Waals surface area contributed by atoms with E-state index in [1.807, 2.05) is 13.1 Å². The summed E-state index contributed by atoms with van der Waals surface area (Å²) in [4.78, 5) is 11.7. The van der Waals surface area contributed by atoms with Gasteiger partial charge in [0, 0.05) is 25.4 Å². The summed E-state index contributed by atoms with van der Waals surface area (Å²) in [7, 11) is 1.79. The third-order valence-electron chi connectivity index (χ3n) is 2.61. The highest BCUT2D eigenvalue weighted by Crippen LogP contribution is 2.11. The van der Waals surface area contributed by atoms with Gasteiger partial charge in [0.2, 0.25) is 0 Å². The number of aryl methyl sites for hydroxylation is 2. The van der Waals surface area contributed by atoms with Crippen molar-refractivity contribution in [2.75, 3.05) is 11.9 Å². The monoisotopic (exact) mass is 248 g/mol. The van der Waals surface area contributed by atoms with Crippen molar-refractivity contribution in [1.82, 2.24) is 25.3 Å². The Balaban J connectivity index is 1.79. The van der Waals surface area contributed by atoms with Gasteiger partial charge in [0.15, 0.2) is 0 Å². The van der Waals surface area contributed by atoms with Crippen molar-refractivity contribution in [3.63, 3.8) is 0 Å². The Hall–Kier alpha value is -2.31. The molecule has 2 amide bonds. The summed E-state index contributed by atoms with van der Waals surface area (Å²) in [5.41, 5.74) is 1.99. The largest absolute Gasteiger partial charge is 0.337 e. The number of aromatic amines is 1. The number of hydrogen-bond acceptors (Lipinski definition) is 3. The van der Waals surface area contributed by atoms with E-state index in [0.29, 0.717) is 12.4 Å². The second-order valence-corrected chi connectivity index (χ2v) is 4.04. The smallest absolute Gasteiger partial charge is 0.320 e. The van der Waals surface area contributed by atoms with Crippen LogP contribution in [-0.4, -0.2) is 32.6 Å². The van der Waals surface area contributed by atoms with Crippen LogP contribution in [0.5, 0.6) is 0 Å². The van der Waals surface area contributed by atoms with Crippen molar-refractivity contribution in [3.8, 4) is 0 Å². The number of carbonyl (C=O) groups excluding carboxylic acids is 1. The number of anilines is 1. The quantitative estimate of drug-likeness (QED) is 0.748. The van der Waals surface area contributed by atoms with E-state index in [2.05, 4.69) is 25.9 Å². The van der Waals surface area contributed by atoms with Gasteiger partial charge in [0.05, 0.1) is 12.4 Å². The molecule has 0 aliphatic rings. The zero-order chi connectivity index (χ0) is 13.0. The molecule has 2 aromatic heterocycles. The first-order valence-electron chi connectivity index (χ1n) is 5.68. The minimum Gasteiger partial charge on any atom is -0.337 e. The highest BCUT2D eigenvalue weighted by Gasteiger charge is 2.08. The van der Waals surface area contributed by atoms with Gasteiger partial charge in [-0.15, -0.1) is 0 Å². The Labute approximate surface area is 105 Å². The molecule has 2 aromatic rings. The Morgan fingerprint density at radius 2 is 2.33 bits per heavy atom. The first-order valence-corrected chi connectivity index (χ1v) is 5.68. The van der Waals surface area contributed by atoms with Gasteiger partial charge in [-0.1, -0.05) is 0 Å². The van der Waals surface area contributed by atoms with E-state index in [9.17, 15) is 4.79 Å². The summed E-state index contributed by atoms with van der Waals surface area (Å²) in [5.74, 6) is 0.704. The maximum Gasteiger partial charge on any atom is 0.320 e. The van der Waals surface area contributed by atoms with E-state index in [4.69, 9.17) is 0 Å². The summed E-state index contributed by atoms with van der Waals surface area (Å²) < 4.78 is 1.63. The SMILES string of the molecule is Cc1cnn(C)c1NC(=O)NCCc1cn[nH]c1. The molecule has 0 aliphatic heterocycles. The fourth-order valence-corrected chi connectivity index (χ4v) is 1.61. The highest BCUT2D eigenvalue weighted by atomic mass is 16.2. The molecule has 2 rings (SSSR count). The molecule has 0 spiro atoms. The molecular formula is C11H16N6O. The third-order valence-corrected chi connectivity index (χ3v) is 2.61. The fourth-order valence-electron chi connectivity index (χ4n) is 1.61. The summed E-state index contributed by atoms with van der Waals surface area (Å²) >= 11 is 0. The van der Waals surface area contributed by atoms with Crippen molar-refractivity contribution in [1.29, 1.82) is 0 Å². The normalized spacial score (nSPS) is 10.3. The topological polar surface area (TPSA) is 87.6 Å². The van der Waals surface area contributed by atoms with Crippen LogP contribution in [0.2, 0.25) is 0 Å². The lowest BCUT2D eigenvalue weighted by molar-refractivity contribution is 0.252. The van der Waals surface area contributed by atoms with Gasteiger partial charge < -0.3 is 5.32 Å². The number of carbonyl (C=O) groups is 1. The van der Waals surface area contributed by atoms with Crippen LogP contribution in [0.4, 0.5) is 10.6 Å². The van der Waals surface area contributed by atoms with Crippen LogP contribution in [0.15, 0.2) is 18.6 Å². The number of hydrogen-bond donors (Lipinski definition) is 3. The van der Waals surface area contributed by atoms with Gasteiger partial charge in [0.1, 0.15) is 5.82 Å². The van der Waals surface area contributed by atoms with Crippen LogP contribution >= 0.6 is 0 Å². The Bertz CT molecular complexity index is 496. The lowest BCUT2D eigenvalue weighted by atomic mass is 10.2. The number of nitrogens with zero attached hydrogens (tertiary/aromatic N) is 3. The number of rotatable bonds is 4. The van der Waals surface area contributed by atoms with Crippen LogP contribution in [0, 0.1) is 6.92 Å². The van der Waals surface area contributed by atoms with E-state index in [1.165, 1.54) is 0 Å². The van der Waals surface area contributed by atoms with Crippen LogP contribution in [-0.2, 0) is 13.5 Å². The molecule has 3 N–H and O–H groups in total. The van der Waals surface area contributed by atoms with Crippen molar-refractivity contribution < 1.29 is 4.79 Å². The minimum atomic E-state index is -0.231. The Kier molecular flexibility index (Phi) is 3.61. The summed E-state index contributed by atoms with van der Waals surface area (Å²) in [6.45, 7) is 2.45. The van der Waals surface area contributed by atoms with Crippen molar-refractivity contribution in [3.05, 3.63) is 29.7 Å². The Morgan fingerprint density at radius 3 is 2.94 bits per heavy atom. The summed E-state index contributed by atoms with van der Waals surface area (Å²) in [5, 5.41) is 16.2. The van der Waals surface area contributed by atoms with Crippen LogP contribution in [0.25, 0.3) is 0 Å². The Morgan fingerprint density at radius 1 is 1.50 bits per heavy atom. The number of amides is 2. The lowest BCUT2D eigenvalue weighted by Crippen LogP contribution is -2.31. The molecule has 7 nitrogen and oxygen atoms in total. The molecule has 7 heteroatoms. The maximum absolute atomic E-state index is 11.7. The average Bonchev–Trinajstić information content (AvgIpc) is 2.94. The summed E-state index contributed by atoms with van der Waals surface area (Å²) in [6, 6.07) is -0.231. The number of aromatic nitrogens is 4. The van der Waals surface area contributed by atoms with Crippen LogP contribution in [0.1, 0.15) is 11.1 Å². The maximum atomic E-state index is 11.7. The van der Waals surface area contributed by atoms with Gasteiger partial charge in [-0.2, -0.15) is 10.2 Å². The minimum absolute atomic E-state index is 0.231. The molecule has 96 valence electrons. The molecule has 0 saturated carbocycles. The standard InChI is InChI=1S/C11H16N6O/c1-8-5-15-17(2)10(8)16-11(18)12-4-3-9-6-13-14-7-9/h5-7H,3-4H2,1-2H3,(H,13,14)(H2,12,16,18). The third kappa shape index (κ3) is 2.88. The van der Waals surface area contributed by atoms with E-state index in [-0.39, 0.29) is 6.03 Å². The molecule has 0 radical (unpaired) electrons. The highest BCUT2D eigenvalue weighted by molar-refractivity contribution is 5.88. The molecular weight excluding hydrogens is 232 g/mol. The second-order valence-electron chi connectivity index (χ2n) is 4.04. The first kappa shape index (κ1) is 12.2. The van der Waals surface area contributed by atoms with Crippen molar-refractivity contribution in [2.24, 2.45) is 7.05 Å². The first-order chi connectivity index (χ1) is 8.66. The van der Waals surface area contributed by atoms with E-state index >= 15 is 0 Å². The van der Waals surface area contributed by atoms with E-state index in [0.717, 1.165) is 17.5 Å². The van der Waals surface area contributed by atoms with E-state index < -0.39 is 0 Å². The zero-order valence-electron chi connectivity index (χ0n) is 10.4. The predicted molar refractivity (Wildman–Crippen MR) is 67.3 cm³/mol. The molecule has 0 saturated heterocycles. The van der Waals surface area contributed by atoms with Crippen molar-refractivity contribution in [2.45, 2.75) is 13.3 Å². The van der Waals surface area contributed by atoms with Crippen LogP contribution < -0.4 is 10.6 Å². The lowest BCUT2D eigenvalue weighted by Gasteiger charge is -2.08. The van der Waals surface area contributed by atoms with Gasteiger partial charge in [0.25, 0.3) is 0 Å². The second kappa shape index (κ2) is 5.35. The fraction of sp³-hybridized carbons (Fsp3) is 0.364. The van der Waals surface area contributed by atoms with Crippen molar-refractivity contribution >= 4 is 11.8 Å². The van der Waals surface area contributed by atoms with Gasteiger partial charge in [-0.05, 0) is 18.9 Å². The van der Waals surface area contributed by atoms with E-state index in [1.54, 1.807) is 24.1 Å². The molecule has 0 aliphatic carbocycles. The molecule has 0 bridgehead atoms. The number of urea groups is 1. The van der Waals surface area contributed by atoms with Gasteiger partial charge >= 0.3 is 6.03 Å². The molecule has 18 heavy (non-hydrogen) atoms. The van der Waals surface area contributed by atoms with Gasteiger partial charge in [-0.3, -0.25) is 15.1 Å². The zero-order valence-corrected chi connectivity index (χ0v) is 10.4. The summed E-state index contributed by atoms with van der Waals surface area (Å²) in [6.07, 6.45) is 6.01. The molecule has 0 fully saturated rings. The van der Waals surface area contributed by atoms with Crippen LogP contribution in [0.3, 0.4) is 0 Å². The number of H-pyrrole nitrogens is 1. The molecule has 0 aromatic carbocycles. The molecule has 0 unspecified atom stereocenters. The molecule has 2 heterocycles. The predicted octanol–water partition coefficient (Wildman–Crippen LogP) is 0.816. The number of nitrogens with one attached hydrogen (secondary N) is 3. The average molecular weight is 248 g/mol.